The van der Waals surface area contributed by atoms with Crippen LogP contribution in [0, 0.1) is 0 Å². The molecule has 10 heteroatoms. The van der Waals surface area contributed by atoms with Gasteiger partial charge in [-0.3, -0.25) is 4.79 Å². The minimum absolute atomic E-state index is 0.103. The Hall–Kier alpha value is -2.25. The van der Waals surface area contributed by atoms with Crippen molar-refractivity contribution in [1.82, 2.24) is 9.88 Å². The van der Waals surface area contributed by atoms with E-state index in [9.17, 15) is 4.79 Å². The molecule has 1 heterocycles. The number of benzene rings is 3. The molecule has 0 aliphatic carbocycles. The number of hydrogen-bond donors (Lipinski definition) is 1. The fourth-order valence-corrected chi connectivity index (χ4v) is 4.97. The Kier molecular flexibility index (Phi) is 9.99. The summed E-state index contributed by atoms with van der Waals surface area (Å²) in [5.41, 5.74) is 2.56. The summed E-state index contributed by atoms with van der Waals surface area (Å²) < 4.78 is 10.1. The van der Waals surface area contributed by atoms with Gasteiger partial charge in [0.05, 0.1) is 6.61 Å². The Morgan fingerprint density at radius 2 is 1.58 bits per heavy atom. The van der Waals surface area contributed by atoms with Crippen molar-refractivity contribution in [1.29, 1.82) is 0 Å². The van der Waals surface area contributed by atoms with Crippen LogP contribution in [0.3, 0.4) is 0 Å². The summed E-state index contributed by atoms with van der Waals surface area (Å²) in [7, 11) is 0. The number of aromatic nitrogens is 2. The number of carbonyl (C=O) groups excluding carboxylic acids is 1. The van der Waals surface area contributed by atoms with Gasteiger partial charge in [0.1, 0.15) is 25.0 Å². The summed E-state index contributed by atoms with van der Waals surface area (Å²) in [5.74, 6) is -0.103. The van der Waals surface area contributed by atoms with Crippen LogP contribution in [-0.2, 0) is 29.2 Å². The molecule has 0 aliphatic heterocycles. The molecule has 0 spiro atoms. The van der Waals surface area contributed by atoms with Gasteiger partial charge >= 0.3 is 0 Å². The van der Waals surface area contributed by atoms with Crippen molar-refractivity contribution in [2.24, 2.45) is 0 Å². The van der Waals surface area contributed by atoms with Gasteiger partial charge in [-0.05, 0) is 54.4 Å². The number of amides is 1. The molecule has 198 valence electrons. The van der Waals surface area contributed by atoms with Crippen molar-refractivity contribution in [3.8, 4) is 0 Å². The van der Waals surface area contributed by atoms with Gasteiger partial charge in [-0.1, -0.05) is 82.3 Å². The highest BCUT2D eigenvalue weighted by atomic mass is 35.5. The molecular weight excluding hydrogens is 588 g/mol. The summed E-state index contributed by atoms with van der Waals surface area (Å²) in [4.78, 5) is 12.8. The van der Waals surface area contributed by atoms with E-state index in [1.165, 1.54) is 0 Å². The third-order valence-electron chi connectivity index (χ3n) is 6.06. The highest BCUT2D eigenvalue weighted by molar-refractivity contribution is 6.35. The van der Waals surface area contributed by atoms with E-state index in [0.717, 1.165) is 16.7 Å². The predicted molar refractivity (Wildman–Crippen MR) is 153 cm³/mol. The van der Waals surface area contributed by atoms with Gasteiger partial charge < -0.3 is 10.1 Å². The summed E-state index contributed by atoms with van der Waals surface area (Å²) >= 11 is 31.0. The molecule has 38 heavy (non-hydrogen) atoms. The second-order valence-corrected chi connectivity index (χ2v) is 10.9. The Balaban J connectivity index is 1.46. The van der Waals surface area contributed by atoms with Crippen LogP contribution in [0.5, 0.6) is 0 Å². The fourth-order valence-electron chi connectivity index (χ4n) is 3.85. The first-order valence-electron chi connectivity index (χ1n) is 11.8. The largest absolute Gasteiger partial charge is 0.365 e. The number of nitrogens with one attached hydrogen (secondary N) is 1. The zero-order valence-electron chi connectivity index (χ0n) is 20.4. The molecule has 0 saturated heterocycles. The summed E-state index contributed by atoms with van der Waals surface area (Å²) in [6.45, 7) is 2.96. The van der Waals surface area contributed by atoms with Crippen LogP contribution in [0.15, 0.2) is 79.4 Å². The number of halogens is 5. The molecular formula is C28H25Cl5N3O2+. The first-order chi connectivity index (χ1) is 18.2. The SMILES string of the molecule is CC(C(=O)NCc1ccc(Cl)cc1)n1cc[n+](CC(OCc2ccc(Cl)cc2Cl)c2ccc(Cl)cc2Cl)c1. The first kappa shape index (κ1) is 28.8. The molecule has 3 aromatic carbocycles. The molecule has 1 N–H and O–H groups in total. The Bertz CT molecular complexity index is 1410. The van der Waals surface area contributed by atoms with E-state index >= 15 is 0 Å². The van der Waals surface area contributed by atoms with Gasteiger partial charge in [-0.15, -0.1) is 0 Å². The van der Waals surface area contributed by atoms with Crippen LogP contribution < -0.4 is 9.88 Å². The third-order valence-corrected chi connectivity index (χ3v) is 7.46. The van der Waals surface area contributed by atoms with Crippen LogP contribution in [-0.4, -0.2) is 10.5 Å². The standard InChI is InChI=1S/C28H24Cl5N3O2/c1-18(28(37)34-14-19-2-5-21(29)6-3-19)36-11-10-35(17-36)15-27(24-9-8-23(31)13-26(24)33)38-16-20-4-7-22(30)12-25(20)32/h2-13,17-18,27H,14-16H2,1H3/p+1. The molecule has 5 nitrogen and oxygen atoms in total. The van der Waals surface area contributed by atoms with Crippen molar-refractivity contribution in [2.45, 2.75) is 38.8 Å². The maximum absolute atomic E-state index is 12.8. The lowest BCUT2D eigenvalue weighted by molar-refractivity contribution is -0.705. The lowest BCUT2D eigenvalue weighted by Crippen LogP contribution is -2.36. The Morgan fingerprint density at radius 1 is 0.921 bits per heavy atom. The monoisotopic (exact) mass is 610 g/mol. The van der Waals surface area contributed by atoms with Crippen LogP contribution in [0.2, 0.25) is 25.1 Å². The number of hydrogen-bond acceptors (Lipinski definition) is 2. The topological polar surface area (TPSA) is 47.1 Å². The van der Waals surface area contributed by atoms with Gasteiger partial charge in [0, 0.05) is 37.2 Å². The zero-order valence-corrected chi connectivity index (χ0v) is 24.2. The van der Waals surface area contributed by atoms with Crippen molar-refractivity contribution in [3.05, 3.63) is 121 Å². The van der Waals surface area contributed by atoms with Gasteiger partial charge in [-0.25, -0.2) is 9.13 Å². The lowest BCUT2D eigenvalue weighted by atomic mass is 10.1. The van der Waals surface area contributed by atoms with E-state index in [4.69, 9.17) is 62.7 Å². The molecule has 1 amide bonds. The van der Waals surface area contributed by atoms with E-state index in [-0.39, 0.29) is 12.5 Å². The fraction of sp³-hybridized carbons (Fsp3) is 0.214. The van der Waals surface area contributed by atoms with E-state index in [1.807, 2.05) is 59.0 Å². The second kappa shape index (κ2) is 13.2. The minimum Gasteiger partial charge on any atom is -0.365 e. The van der Waals surface area contributed by atoms with E-state index in [0.29, 0.717) is 38.2 Å². The molecule has 0 fully saturated rings. The normalized spacial score (nSPS) is 12.8. The number of nitrogens with zero attached hydrogens (tertiary/aromatic N) is 2. The van der Waals surface area contributed by atoms with E-state index in [1.54, 1.807) is 36.4 Å². The Morgan fingerprint density at radius 3 is 2.26 bits per heavy atom. The highest BCUT2D eigenvalue weighted by Gasteiger charge is 2.23. The van der Waals surface area contributed by atoms with Crippen molar-refractivity contribution in [3.63, 3.8) is 0 Å². The summed E-state index contributed by atoms with van der Waals surface area (Å²) in [6.07, 6.45) is 5.19. The average molecular weight is 613 g/mol. The smallest absolute Gasteiger partial charge is 0.265 e. The van der Waals surface area contributed by atoms with Gasteiger partial charge in [0.25, 0.3) is 5.91 Å². The quantitative estimate of drug-likeness (QED) is 0.185. The van der Waals surface area contributed by atoms with Gasteiger partial charge in [0.15, 0.2) is 6.04 Å². The summed E-state index contributed by atoms with van der Waals surface area (Å²) in [5, 5.41) is 5.74. The van der Waals surface area contributed by atoms with Crippen molar-refractivity contribution < 1.29 is 14.1 Å². The number of rotatable bonds is 10. The number of carbonyl (C=O) groups is 1. The van der Waals surface area contributed by atoms with Crippen LogP contribution >= 0.6 is 58.0 Å². The van der Waals surface area contributed by atoms with Crippen LogP contribution in [0.4, 0.5) is 0 Å². The van der Waals surface area contributed by atoms with Crippen molar-refractivity contribution in [2.75, 3.05) is 0 Å². The molecule has 0 aliphatic rings. The third kappa shape index (κ3) is 7.66. The molecule has 0 saturated carbocycles. The number of ether oxygens (including phenoxy) is 1. The molecule has 2 unspecified atom stereocenters. The van der Waals surface area contributed by atoms with E-state index in [2.05, 4.69) is 5.32 Å². The minimum atomic E-state index is -0.421. The molecule has 4 rings (SSSR count). The second-order valence-electron chi connectivity index (χ2n) is 8.78. The molecule has 0 bridgehead atoms. The first-order valence-corrected chi connectivity index (χ1v) is 13.7. The zero-order chi connectivity index (χ0) is 27.2. The van der Waals surface area contributed by atoms with Crippen LogP contribution in [0.1, 0.15) is 35.8 Å². The molecule has 4 aromatic rings. The van der Waals surface area contributed by atoms with Crippen molar-refractivity contribution >= 4 is 63.9 Å². The molecule has 0 radical (unpaired) electrons. The van der Waals surface area contributed by atoms with E-state index < -0.39 is 12.1 Å². The summed E-state index contributed by atoms with van der Waals surface area (Å²) in [6, 6.07) is 17.5. The maximum atomic E-state index is 12.8. The number of imidazole rings is 1. The molecule has 1 aromatic heterocycles. The average Bonchev–Trinajstić information content (AvgIpc) is 3.35. The van der Waals surface area contributed by atoms with Crippen LogP contribution in [0.25, 0.3) is 0 Å². The highest BCUT2D eigenvalue weighted by Crippen LogP contribution is 2.31. The van der Waals surface area contributed by atoms with Gasteiger partial charge in [0.2, 0.25) is 6.33 Å². The lowest BCUT2D eigenvalue weighted by Gasteiger charge is -2.19. The maximum Gasteiger partial charge on any atom is 0.265 e. The predicted octanol–water partition coefficient (Wildman–Crippen LogP) is 7.88. The molecule has 2 atom stereocenters. The Labute approximate surface area is 246 Å². The van der Waals surface area contributed by atoms with Gasteiger partial charge in [-0.2, -0.15) is 0 Å².